The van der Waals surface area contributed by atoms with Gasteiger partial charge in [-0.25, -0.2) is 9.97 Å². The van der Waals surface area contributed by atoms with E-state index < -0.39 is 0 Å². The first-order valence-corrected chi connectivity index (χ1v) is 8.18. The van der Waals surface area contributed by atoms with Crippen molar-refractivity contribution in [3.63, 3.8) is 0 Å². The van der Waals surface area contributed by atoms with Gasteiger partial charge in [0.15, 0.2) is 5.82 Å². The molecule has 0 aliphatic carbocycles. The second kappa shape index (κ2) is 6.29. The fraction of sp³-hybridized carbons (Fsp3) is 0.0588. The zero-order valence-corrected chi connectivity index (χ0v) is 13.4. The van der Waals surface area contributed by atoms with E-state index in [0.29, 0.717) is 12.1 Å². The molecule has 2 aromatic heterocycles. The van der Waals surface area contributed by atoms with Gasteiger partial charge in [-0.1, -0.05) is 17.8 Å². The highest BCUT2D eigenvalue weighted by atomic mass is 32.2. The molecule has 3 heterocycles. The van der Waals surface area contributed by atoms with Crippen molar-refractivity contribution in [3.05, 3.63) is 66.2 Å². The average Bonchev–Trinajstić information content (AvgIpc) is 2.65. The Bertz CT molecular complexity index is 900. The first-order chi connectivity index (χ1) is 11.8. The summed E-state index contributed by atoms with van der Waals surface area (Å²) >= 11 is 1.58. The highest BCUT2D eigenvalue weighted by Gasteiger charge is 2.17. The number of fused-ring (bicyclic) bond motifs is 2. The van der Waals surface area contributed by atoms with E-state index in [1.165, 1.54) is 0 Å². The van der Waals surface area contributed by atoms with Gasteiger partial charge in [0, 0.05) is 36.2 Å². The van der Waals surface area contributed by atoms with Gasteiger partial charge in [0.2, 0.25) is 0 Å². The summed E-state index contributed by atoms with van der Waals surface area (Å²) in [6.07, 6.45) is 6.54. The van der Waals surface area contributed by atoms with Crippen LogP contribution in [0.2, 0.25) is 0 Å². The molecule has 0 radical (unpaired) electrons. The number of hydrogen-bond donors (Lipinski definition) is 2. The summed E-state index contributed by atoms with van der Waals surface area (Å²) in [6.45, 7) is 0.445. The highest BCUT2D eigenvalue weighted by Crippen LogP contribution is 2.41. The Hall–Kier alpha value is -2.93. The third-order valence-electron chi connectivity index (χ3n) is 3.55. The number of nitrogens with zero attached hydrogens (tertiary/aromatic N) is 3. The monoisotopic (exact) mass is 335 g/mol. The van der Waals surface area contributed by atoms with Gasteiger partial charge in [-0.05, 0) is 29.8 Å². The number of nitrogens with one attached hydrogen (secondary N) is 2. The first-order valence-electron chi connectivity index (χ1n) is 7.36. The van der Waals surface area contributed by atoms with E-state index in [2.05, 4.69) is 25.6 Å². The van der Waals surface area contributed by atoms with Gasteiger partial charge in [0.05, 0.1) is 11.3 Å². The van der Waals surface area contributed by atoms with Crippen LogP contribution >= 0.6 is 11.8 Å². The molecule has 0 atom stereocenters. The summed E-state index contributed by atoms with van der Waals surface area (Å²) in [6, 6.07) is 9.52. The Balaban J connectivity index is 1.48. The highest BCUT2D eigenvalue weighted by molar-refractivity contribution is 7.99. The fourth-order valence-corrected chi connectivity index (χ4v) is 3.25. The van der Waals surface area contributed by atoms with E-state index in [9.17, 15) is 4.79 Å². The zero-order chi connectivity index (χ0) is 16.4. The number of anilines is 2. The molecule has 7 heteroatoms. The number of amides is 1. The van der Waals surface area contributed by atoms with E-state index in [1.807, 2.05) is 18.2 Å². The van der Waals surface area contributed by atoms with Crippen molar-refractivity contribution in [2.24, 2.45) is 0 Å². The topological polar surface area (TPSA) is 79.8 Å². The Kier molecular flexibility index (Phi) is 3.84. The van der Waals surface area contributed by atoms with Gasteiger partial charge < -0.3 is 10.6 Å². The second-order valence-electron chi connectivity index (χ2n) is 5.19. The quantitative estimate of drug-likeness (QED) is 0.599. The lowest BCUT2D eigenvalue weighted by Gasteiger charge is -2.19. The predicted molar refractivity (Wildman–Crippen MR) is 91.3 cm³/mol. The van der Waals surface area contributed by atoms with E-state index in [0.717, 1.165) is 27.0 Å². The van der Waals surface area contributed by atoms with Crippen LogP contribution in [-0.4, -0.2) is 20.9 Å². The zero-order valence-electron chi connectivity index (χ0n) is 12.6. The van der Waals surface area contributed by atoms with Crippen LogP contribution in [-0.2, 0) is 6.54 Å². The van der Waals surface area contributed by atoms with Crippen LogP contribution in [0.25, 0.3) is 0 Å². The molecule has 24 heavy (non-hydrogen) atoms. The molecule has 1 amide bonds. The molecule has 118 valence electrons. The molecule has 0 spiro atoms. The normalized spacial score (nSPS) is 11.8. The minimum Gasteiger partial charge on any atom is -0.348 e. The standard InChI is InChI=1S/C17H13N5OS/c23-16(12-2-1-5-18-10-12)21-9-11-3-4-14-13(8-11)22-15-17(24-14)20-7-6-19-15/h1-8,10H,9H2,(H,19,22)(H,21,23). The summed E-state index contributed by atoms with van der Waals surface area (Å²) in [7, 11) is 0. The lowest BCUT2D eigenvalue weighted by Crippen LogP contribution is -2.22. The van der Waals surface area contributed by atoms with E-state index in [4.69, 9.17) is 0 Å². The van der Waals surface area contributed by atoms with Gasteiger partial charge >= 0.3 is 0 Å². The molecule has 4 rings (SSSR count). The molecule has 1 aliphatic rings. The summed E-state index contributed by atoms with van der Waals surface area (Å²) in [5.41, 5.74) is 2.53. The van der Waals surface area contributed by atoms with E-state index >= 15 is 0 Å². The Morgan fingerprint density at radius 1 is 1.17 bits per heavy atom. The maximum Gasteiger partial charge on any atom is 0.253 e. The lowest BCUT2D eigenvalue weighted by atomic mass is 10.2. The molecule has 1 aromatic carbocycles. The maximum atomic E-state index is 12.1. The molecular weight excluding hydrogens is 322 g/mol. The van der Waals surface area contributed by atoms with Crippen LogP contribution in [0.3, 0.4) is 0 Å². The molecule has 0 unspecified atom stereocenters. The smallest absolute Gasteiger partial charge is 0.253 e. The van der Waals surface area contributed by atoms with Crippen molar-refractivity contribution < 1.29 is 4.79 Å². The number of carbonyl (C=O) groups excluding carboxylic acids is 1. The number of benzene rings is 1. The van der Waals surface area contributed by atoms with Crippen molar-refractivity contribution in [2.45, 2.75) is 16.5 Å². The second-order valence-corrected chi connectivity index (χ2v) is 6.22. The number of aromatic nitrogens is 3. The van der Waals surface area contributed by atoms with Crippen molar-refractivity contribution in [3.8, 4) is 0 Å². The number of pyridine rings is 1. The largest absolute Gasteiger partial charge is 0.348 e. The predicted octanol–water partition coefficient (Wildman–Crippen LogP) is 3.01. The summed E-state index contributed by atoms with van der Waals surface area (Å²) in [5.74, 6) is 0.617. The minimum atomic E-state index is -0.139. The SMILES string of the molecule is O=C(NCc1ccc2c(c1)Nc1nccnc1S2)c1cccnc1. The molecule has 6 nitrogen and oxygen atoms in total. The molecule has 0 bridgehead atoms. The molecule has 2 N–H and O–H groups in total. The summed E-state index contributed by atoms with van der Waals surface area (Å²) < 4.78 is 0. The van der Waals surface area contributed by atoms with Gasteiger partial charge in [-0.15, -0.1) is 0 Å². The van der Waals surface area contributed by atoms with E-state index in [-0.39, 0.29) is 5.91 Å². The van der Waals surface area contributed by atoms with Crippen LogP contribution in [0.15, 0.2) is 65.0 Å². The average molecular weight is 335 g/mol. The van der Waals surface area contributed by atoms with Crippen LogP contribution in [0.4, 0.5) is 11.5 Å². The number of rotatable bonds is 3. The van der Waals surface area contributed by atoms with Crippen LogP contribution in [0, 0.1) is 0 Å². The van der Waals surface area contributed by atoms with Crippen LogP contribution in [0.1, 0.15) is 15.9 Å². The van der Waals surface area contributed by atoms with Gasteiger partial charge in [-0.2, -0.15) is 0 Å². The lowest BCUT2D eigenvalue weighted by molar-refractivity contribution is 0.0950. The van der Waals surface area contributed by atoms with Crippen molar-refractivity contribution in [1.82, 2.24) is 20.3 Å². The van der Waals surface area contributed by atoms with Crippen molar-refractivity contribution in [1.29, 1.82) is 0 Å². The summed E-state index contributed by atoms with van der Waals surface area (Å²) in [4.78, 5) is 25.7. The number of hydrogen-bond acceptors (Lipinski definition) is 6. The van der Waals surface area contributed by atoms with Crippen molar-refractivity contribution in [2.75, 3.05) is 5.32 Å². The summed E-state index contributed by atoms with van der Waals surface area (Å²) in [5, 5.41) is 7.05. The molecule has 1 aliphatic heterocycles. The Morgan fingerprint density at radius 2 is 2.08 bits per heavy atom. The molecule has 0 saturated carbocycles. The fourth-order valence-electron chi connectivity index (χ4n) is 2.37. The van der Waals surface area contributed by atoms with Crippen molar-refractivity contribution >= 4 is 29.2 Å². The number of carbonyl (C=O) groups is 1. The molecular formula is C17H13N5OS. The molecule has 3 aromatic rings. The first kappa shape index (κ1) is 14.6. The van der Waals surface area contributed by atoms with Gasteiger partial charge in [0.1, 0.15) is 5.03 Å². The van der Waals surface area contributed by atoms with Crippen LogP contribution in [0.5, 0.6) is 0 Å². The third-order valence-corrected chi connectivity index (χ3v) is 4.61. The van der Waals surface area contributed by atoms with Crippen LogP contribution < -0.4 is 10.6 Å². The Labute approximate surface area is 142 Å². The minimum absolute atomic E-state index is 0.139. The van der Waals surface area contributed by atoms with E-state index in [1.54, 1.807) is 48.7 Å². The maximum absolute atomic E-state index is 12.1. The molecule has 0 saturated heterocycles. The Morgan fingerprint density at radius 3 is 2.96 bits per heavy atom. The van der Waals surface area contributed by atoms with Gasteiger partial charge in [-0.3, -0.25) is 9.78 Å². The third kappa shape index (κ3) is 2.93. The molecule has 0 fully saturated rings. The van der Waals surface area contributed by atoms with Gasteiger partial charge in [0.25, 0.3) is 5.91 Å².